The molecule has 2 aromatic heterocycles. The lowest BCUT2D eigenvalue weighted by Gasteiger charge is -2.06. The first kappa shape index (κ1) is 8.74. The van der Waals surface area contributed by atoms with Gasteiger partial charge in [-0.25, -0.2) is 4.98 Å². The van der Waals surface area contributed by atoms with Crippen LogP contribution in [0.25, 0.3) is 11.2 Å². The Hall–Kier alpha value is -1.85. The Bertz CT molecular complexity index is 524. The largest absolute Gasteiger partial charge is 0.369 e. The van der Waals surface area contributed by atoms with Crippen molar-refractivity contribution in [2.45, 2.75) is 19.9 Å². The van der Waals surface area contributed by atoms with Crippen LogP contribution in [0.4, 0.5) is 5.95 Å². The van der Waals surface area contributed by atoms with Gasteiger partial charge in [0.15, 0.2) is 11.2 Å². The molecular weight excluding hydrogens is 182 g/mol. The Kier molecular flexibility index (Phi) is 1.77. The van der Waals surface area contributed by atoms with E-state index in [0.29, 0.717) is 11.2 Å². The summed E-state index contributed by atoms with van der Waals surface area (Å²) in [6, 6.07) is 0.202. The quantitative estimate of drug-likeness (QED) is 0.680. The Morgan fingerprint density at radius 1 is 1.57 bits per heavy atom. The van der Waals surface area contributed by atoms with Gasteiger partial charge in [-0.15, -0.1) is 0 Å². The first-order chi connectivity index (χ1) is 6.59. The number of nitrogens with one attached hydrogen (secondary N) is 1. The molecule has 0 unspecified atom stereocenters. The third-order valence-electron chi connectivity index (χ3n) is 2.01. The third-order valence-corrected chi connectivity index (χ3v) is 2.01. The van der Waals surface area contributed by atoms with Crippen molar-refractivity contribution in [3.8, 4) is 0 Å². The fourth-order valence-electron chi connectivity index (χ4n) is 1.32. The highest BCUT2D eigenvalue weighted by Crippen LogP contribution is 2.12. The fraction of sp³-hybridized carbons (Fsp3) is 0.375. The van der Waals surface area contributed by atoms with Gasteiger partial charge in [0, 0.05) is 6.04 Å². The molecule has 3 N–H and O–H groups in total. The second-order valence-electron chi connectivity index (χ2n) is 3.37. The predicted octanol–water partition coefficient (Wildman–Crippen LogP) is 0.283. The van der Waals surface area contributed by atoms with Gasteiger partial charge in [-0.05, 0) is 13.8 Å². The van der Waals surface area contributed by atoms with Crippen LogP contribution in [0, 0.1) is 0 Å². The first-order valence-corrected chi connectivity index (χ1v) is 4.32. The number of rotatable bonds is 1. The second kappa shape index (κ2) is 2.83. The third kappa shape index (κ3) is 1.15. The van der Waals surface area contributed by atoms with E-state index in [0.717, 1.165) is 0 Å². The minimum atomic E-state index is -0.299. The molecule has 0 aliphatic carbocycles. The lowest BCUT2D eigenvalue weighted by atomic mass is 10.4. The van der Waals surface area contributed by atoms with E-state index in [1.807, 2.05) is 13.8 Å². The van der Waals surface area contributed by atoms with E-state index in [4.69, 9.17) is 5.73 Å². The number of aromatic amines is 1. The van der Waals surface area contributed by atoms with Crippen LogP contribution in [0.15, 0.2) is 11.1 Å². The van der Waals surface area contributed by atoms with Crippen LogP contribution in [0.5, 0.6) is 0 Å². The number of imidazole rings is 1. The molecule has 0 saturated carbocycles. The minimum Gasteiger partial charge on any atom is -0.369 e. The summed E-state index contributed by atoms with van der Waals surface area (Å²) >= 11 is 0. The van der Waals surface area contributed by atoms with Gasteiger partial charge in [0.25, 0.3) is 5.56 Å². The maximum absolute atomic E-state index is 11.4. The molecule has 0 amide bonds. The van der Waals surface area contributed by atoms with E-state index in [1.54, 1.807) is 10.9 Å². The summed E-state index contributed by atoms with van der Waals surface area (Å²) in [6.45, 7) is 3.97. The molecular formula is C8H11N5O. The normalized spacial score (nSPS) is 11.4. The summed E-state index contributed by atoms with van der Waals surface area (Å²) in [5, 5.41) is 0. The van der Waals surface area contributed by atoms with Crippen LogP contribution in [0.3, 0.4) is 0 Å². The maximum atomic E-state index is 11.4. The lowest BCUT2D eigenvalue weighted by Crippen LogP contribution is -2.12. The van der Waals surface area contributed by atoms with Crippen molar-refractivity contribution >= 4 is 17.1 Å². The van der Waals surface area contributed by atoms with Gasteiger partial charge in [-0.1, -0.05) is 0 Å². The topological polar surface area (TPSA) is 89.6 Å². The number of H-pyrrole nitrogens is 1. The van der Waals surface area contributed by atoms with Crippen molar-refractivity contribution in [3.63, 3.8) is 0 Å². The molecule has 0 spiro atoms. The minimum absolute atomic E-state index is 0.116. The van der Waals surface area contributed by atoms with Crippen molar-refractivity contribution in [2.24, 2.45) is 0 Å². The van der Waals surface area contributed by atoms with Crippen molar-refractivity contribution in [1.82, 2.24) is 19.5 Å². The standard InChI is InChI=1S/C8H11N5O/c1-4(2)13-3-10-5-6(13)11-8(9)12-7(5)14/h3-4H,1-2H3,(H3,9,11,12,14). The molecule has 0 aliphatic heterocycles. The number of nitrogens with zero attached hydrogens (tertiary/aromatic N) is 3. The smallest absolute Gasteiger partial charge is 0.280 e. The van der Waals surface area contributed by atoms with E-state index in [-0.39, 0.29) is 17.5 Å². The van der Waals surface area contributed by atoms with Crippen LogP contribution in [-0.4, -0.2) is 19.5 Å². The number of aromatic nitrogens is 4. The average molecular weight is 193 g/mol. The summed E-state index contributed by atoms with van der Waals surface area (Å²) in [5.74, 6) is 0.116. The average Bonchev–Trinajstić information content (AvgIpc) is 2.47. The van der Waals surface area contributed by atoms with Crippen LogP contribution in [0.1, 0.15) is 19.9 Å². The molecule has 2 heterocycles. The van der Waals surface area contributed by atoms with Gasteiger partial charge < -0.3 is 10.3 Å². The Labute approximate surface area is 79.8 Å². The summed E-state index contributed by atoms with van der Waals surface area (Å²) in [4.78, 5) is 21.8. The maximum Gasteiger partial charge on any atom is 0.280 e. The fourth-order valence-corrected chi connectivity index (χ4v) is 1.32. The number of hydrogen-bond acceptors (Lipinski definition) is 4. The number of fused-ring (bicyclic) bond motifs is 1. The van der Waals surface area contributed by atoms with Crippen LogP contribution >= 0.6 is 0 Å². The van der Waals surface area contributed by atoms with Crippen molar-refractivity contribution in [2.75, 3.05) is 5.73 Å². The number of hydrogen-bond donors (Lipinski definition) is 2. The van der Waals surface area contributed by atoms with Gasteiger partial charge in [-0.2, -0.15) is 4.98 Å². The highest BCUT2D eigenvalue weighted by molar-refractivity contribution is 5.70. The Balaban J connectivity index is 2.85. The molecule has 0 saturated heterocycles. The zero-order valence-corrected chi connectivity index (χ0v) is 7.98. The summed E-state index contributed by atoms with van der Waals surface area (Å²) < 4.78 is 1.81. The predicted molar refractivity (Wildman–Crippen MR) is 52.9 cm³/mol. The lowest BCUT2D eigenvalue weighted by molar-refractivity contribution is 0.613. The molecule has 6 heteroatoms. The highest BCUT2D eigenvalue weighted by Gasteiger charge is 2.10. The van der Waals surface area contributed by atoms with Gasteiger partial charge >= 0.3 is 0 Å². The van der Waals surface area contributed by atoms with E-state index >= 15 is 0 Å². The van der Waals surface area contributed by atoms with Crippen LogP contribution < -0.4 is 11.3 Å². The van der Waals surface area contributed by atoms with E-state index in [1.165, 1.54) is 0 Å². The molecule has 0 atom stereocenters. The summed E-state index contributed by atoms with van der Waals surface area (Å²) in [7, 11) is 0. The van der Waals surface area contributed by atoms with Gasteiger partial charge in [0.2, 0.25) is 5.95 Å². The Morgan fingerprint density at radius 2 is 2.29 bits per heavy atom. The SMILES string of the molecule is CC(C)n1cnc2c(=O)[nH]c(N)nc21. The number of anilines is 1. The van der Waals surface area contributed by atoms with E-state index in [9.17, 15) is 4.79 Å². The molecule has 0 aliphatic rings. The van der Waals surface area contributed by atoms with Gasteiger partial charge in [-0.3, -0.25) is 9.78 Å². The molecule has 0 aromatic carbocycles. The molecule has 2 aromatic rings. The number of nitrogens with two attached hydrogens (primary N) is 1. The zero-order valence-electron chi connectivity index (χ0n) is 7.98. The zero-order chi connectivity index (χ0) is 10.3. The van der Waals surface area contributed by atoms with Crippen LogP contribution in [0.2, 0.25) is 0 Å². The molecule has 0 radical (unpaired) electrons. The Morgan fingerprint density at radius 3 is 2.93 bits per heavy atom. The van der Waals surface area contributed by atoms with Crippen LogP contribution in [-0.2, 0) is 0 Å². The number of nitrogen functional groups attached to an aromatic ring is 1. The van der Waals surface area contributed by atoms with Crippen molar-refractivity contribution in [3.05, 3.63) is 16.7 Å². The molecule has 2 rings (SSSR count). The summed E-state index contributed by atoms with van der Waals surface area (Å²) in [6.07, 6.45) is 1.59. The highest BCUT2D eigenvalue weighted by atomic mass is 16.1. The molecule has 74 valence electrons. The van der Waals surface area contributed by atoms with E-state index in [2.05, 4.69) is 15.0 Å². The molecule has 6 nitrogen and oxygen atoms in total. The monoisotopic (exact) mass is 193 g/mol. The van der Waals surface area contributed by atoms with Crippen molar-refractivity contribution < 1.29 is 0 Å². The molecule has 0 bridgehead atoms. The molecule has 14 heavy (non-hydrogen) atoms. The van der Waals surface area contributed by atoms with Crippen molar-refractivity contribution in [1.29, 1.82) is 0 Å². The second-order valence-corrected chi connectivity index (χ2v) is 3.37. The van der Waals surface area contributed by atoms with E-state index < -0.39 is 0 Å². The first-order valence-electron chi connectivity index (χ1n) is 4.32. The summed E-state index contributed by atoms with van der Waals surface area (Å²) in [5.41, 5.74) is 6.00. The van der Waals surface area contributed by atoms with Gasteiger partial charge in [0.05, 0.1) is 6.33 Å². The van der Waals surface area contributed by atoms with Gasteiger partial charge in [0.1, 0.15) is 0 Å². The molecule has 0 fully saturated rings.